The van der Waals surface area contributed by atoms with Gasteiger partial charge in [0.15, 0.2) is 11.5 Å². The molecule has 3 aromatic heterocycles. The maximum Gasteiger partial charge on any atom is 0.416 e. The van der Waals surface area contributed by atoms with Crippen molar-refractivity contribution in [3.8, 4) is 5.69 Å². The molecular formula is C22H21F6N7OS. The Bertz CT molecular complexity index is 1460. The van der Waals surface area contributed by atoms with Gasteiger partial charge in [0.05, 0.1) is 34.6 Å². The van der Waals surface area contributed by atoms with Crippen LogP contribution < -0.4 is 5.56 Å². The molecule has 1 atom stereocenters. The Morgan fingerprint density at radius 1 is 1.05 bits per heavy atom. The van der Waals surface area contributed by atoms with E-state index in [-0.39, 0.29) is 41.3 Å². The van der Waals surface area contributed by atoms with E-state index in [9.17, 15) is 31.1 Å². The zero-order valence-electron chi connectivity index (χ0n) is 19.8. The summed E-state index contributed by atoms with van der Waals surface area (Å²) in [7, 11) is 1.63. The summed E-state index contributed by atoms with van der Waals surface area (Å²) in [6.45, 7) is 3.69. The molecule has 198 valence electrons. The van der Waals surface area contributed by atoms with Gasteiger partial charge in [0.2, 0.25) is 0 Å². The summed E-state index contributed by atoms with van der Waals surface area (Å²) in [5.74, 6) is 1.05. The molecule has 1 aromatic carbocycles. The predicted molar refractivity (Wildman–Crippen MR) is 124 cm³/mol. The zero-order chi connectivity index (χ0) is 27.1. The van der Waals surface area contributed by atoms with Gasteiger partial charge in [-0.2, -0.15) is 43.2 Å². The van der Waals surface area contributed by atoms with Crippen molar-refractivity contribution in [2.75, 3.05) is 5.75 Å². The minimum absolute atomic E-state index is 0.00912. The number of hydrogen-bond acceptors (Lipinski definition) is 6. The molecule has 0 aliphatic carbocycles. The van der Waals surface area contributed by atoms with Gasteiger partial charge in [-0.3, -0.25) is 14.0 Å². The highest BCUT2D eigenvalue weighted by atomic mass is 32.2. The number of rotatable bonds is 7. The molecule has 0 amide bonds. The van der Waals surface area contributed by atoms with Crippen molar-refractivity contribution in [2.24, 2.45) is 7.05 Å². The van der Waals surface area contributed by atoms with Crippen molar-refractivity contribution >= 4 is 22.8 Å². The number of halogens is 6. The SMILES string of the molecule is CCSC(C)c1nc(CCn2cnc3c(cnn3C)c2=O)n(-c2cc(C(F)(F)F)cc(C(F)(F)F)c2)n1. The van der Waals surface area contributed by atoms with E-state index in [1.807, 2.05) is 6.92 Å². The summed E-state index contributed by atoms with van der Waals surface area (Å²) in [5, 5.41) is 8.26. The minimum atomic E-state index is -5.01. The zero-order valence-corrected chi connectivity index (χ0v) is 20.6. The number of nitrogens with zero attached hydrogens (tertiary/aromatic N) is 7. The van der Waals surface area contributed by atoms with E-state index < -0.39 is 34.7 Å². The lowest BCUT2D eigenvalue weighted by Crippen LogP contribution is -2.22. The van der Waals surface area contributed by atoms with Gasteiger partial charge in [0.25, 0.3) is 5.56 Å². The van der Waals surface area contributed by atoms with Gasteiger partial charge in [-0.25, -0.2) is 14.6 Å². The number of hydrogen-bond donors (Lipinski definition) is 0. The Kier molecular flexibility index (Phi) is 7.10. The lowest BCUT2D eigenvalue weighted by Gasteiger charge is -2.15. The van der Waals surface area contributed by atoms with Crippen molar-refractivity contribution in [1.29, 1.82) is 0 Å². The van der Waals surface area contributed by atoms with E-state index in [4.69, 9.17) is 0 Å². The number of benzene rings is 1. The molecule has 0 fully saturated rings. The molecule has 0 radical (unpaired) electrons. The quantitative estimate of drug-likeness (QED) is 0.310. The maximum atomic E-state index is 13.5. The van der Waals surface area contributed by atoms with E-state index in [1.165, 1.54) is 33.5 Å². The molecule has 1 unspecified atom stereocenters. The second-order valence-electron chi connectivity index (χ2n) is 8.16. The number of fused-ring (bicyclic) bond motifs is 1. The largest absolute Gasteiger partial charge is 0.416 e. The van der Waals surface area contributed by atoms with Gasteiger partial charge in [-0.05, 0) is 30.9 Å². The van der Waals surface area contributed by atoms with E-state index in [0.29, 0.717) is 23.5 Å². The van der Waals surface area contributed by atoms with E-state index >= 15 is 0 Å². The van der Waals surface area contributed by atoms with Crippen LogP contribution >= 0.6 is 11.8 Å². The van der Waals surface area contributed by atoms with Crippen LogP contribution in [0.5, 0.6) is 0 Å². The summed E-state index contributed by atoms with van der Waals surface area (Å²) >= 11 is 1.46. The van der Waals surface area contributed by atoms with Crippen molar-refractivity contribution < 1.29 is 26.3 Å². The van der Waals surface area contributed by atoms with E-state index in [1.54, 1.807) is 14.0 Å². The molecular weight excluding hydrogens is 524 g/mol. The highest BCUT2D eigenvalue weighted by molar-refractivity contribution is 7.99. The number of thioether (sulfide) groups is 1. The van der Waals surface area contributed by atoms with Crippen LogP contribution in [0.3, 0.4) is 0 Å². The number of alkyl halides is 6. The average Bonchev–Trinajstić information content (AvgIpc) is 3.42. The van der Waals surface area contributed by atoms with Crippen LogP contribution in [0.25, 0.3) is 16.7 Å². The van der Waals surface area contributed by atoms with E-state index in [0.717, 1.165) is 4.68 Å². The number of aryl methyl sites for hydroxylation is 3. The van der Waals surface area contributed by atoms with Crippen molar-refractivity contribution in [2.45, 2.75) is 44.4 Å². The van der Waals surface area contributed by atoms with Gasteiger partial charge in [0, 0.05) is 20.0 Å². The molecule has 8 nitrogen and oxygen atoms in total. The van der Waals surface area contributed by atoms with Crippen molar-refractivity contribution in [1.82, 2.24) is 34.1 Å². The van der Waals surface area contributed by atoms with Crippen LogP contribution in [0.4, 0.5) is 26.3 Å². The first kappa shape index (κ1) is 26.7. The molecule has 0 N–H and O–H groups in total. The van der Waals surface area contributed by atoms with Crippen LogP contribution in [-0.2, 0) is 32.4 Å². The molecule has 3 heterocycles. The highest BCUT2D eigenvalue weighted by Gasteiger charge is 2.37. The third kappa shape index (κ3) is 5.50. The summed E-state index contributed by atoms with van der Waals surface area (Å²) in [6, 6.07) is 1.26. The summed E-state index contributed by atoms with van der Waals surface area (Å²) in [5.41, 5.74) is -3.37. The van der Waals surface area contributed by atoms with Crippen molar-refractivity contribution in [3.05, 3.63) is 63.9 Å². The minimum Gasteiger partial charge on any atom is -0.298 e. The lowest BCUT2D eigenvalue weighted by atomic mass is 10.1. The lowest BCUT2D eigenvalue weighted by molar-refractivity contribution is -0.143. The van der Waals surface area contributed by atoms with Crippen LogP contribution in [0.15, 0.2) is 35.5 Å². The maximum absolute atomic E-state index is 13.5. The van der Waals surface area contributed by atoms with Crippen LogP contribution in [0, 0.1) is 0 Å². The molecule has 0 saturated carbocycles. The third-order valence-electron chi connectivity index (χ3n) is 5.58. The molecule has 0 bridgehead atoms. The molecule has 0 aliphatic rings. The smallest absolute Gasteiger partial charge is 0.298 e. The molecule has 4 rings (SSSR count). The summed E-state index contributed by atoms with van der Waals surface area (Å²) in [6.07, 6.45) is -7.37. The average molecular weight is 546 g/mol. The Hall–Kier alpha value is -3.36. The van der Waals surface area contributed by atoms with Crippen LogP contribution in [0.1, 0.15) is 41.9 Å². The second kappa shape index (κ2) is 9.84. The normalized spacial score (nSPS) is 13.4. The third-order valence-corrected chi connectivity index (χ3v) is 6.63. The number of aromatic nitrogens is 7. The second-order valence-corrected chi connectivity index (χ2v) is 9.78. The fourth-order valence-corrected chi connectivity index (χ4v) is 4.48. The standard InChI is InChI=1S/C22H21F6N7OS/c1-4-37-12(2)18-31-17(5-6-34-11-29-19-16(20(34)36)10-30-33(19)3)35(32-18)15-8-13(21(23,24)25)7-14(9-15)22(26,27)28/h7-12H,4-6H2,1-3H3. The van der Waals surface area contributed by atoms with Gasteiger partial charge in [-0.1, -0.05) is 6.92 Å². The fourth-order valence-electron chi connectivity index (χ4n) is 3.73. The van der Waals surface area contributed by atoms with Gasteiger partial charge >= 0.3 is 12.4 Å². The van der Waals surface area contributed by atoms with Gasteiger partial charge in [0.1, 0.15) is 11.2 Å². The molecule has 4 aromatic rings. The van der Waals surface area contributed by atoms with Crippen molar-refractivity contribution in [3.63, 3.8) is 0 Å². The summed E-state index contributed by atoms with van der Waals surface area (Å²) < 4.78 is 84.5. The van der Waals surface area contributed by atoms with Crippen LogP contribution in [-0.4, -0.2) is 39.8 Å². The Balaban J connectivity index is 1.79. The Morgan fingerprint density at radius 2 is 1.70 bits per heavy atom. The molecule has 0 saturated heterocycles. The van der Waals surface area contributed by atoms with Gasteiger partial charge in [-0.15, -0.1) is 5.10 Å². The molecule has 0 aliphatic heterocycles. The first-order chi connectivity index (χ1) is 17.3. The van der Waals surface area contributed by atoms with E-state index in [2.05, 4.69) is 20.2 Å². The Labute approximate surface area is 210 Å². The highest BCUT2D eigenvalue weighted by Crippen LogP contribution is 2.37. The molecule has 37 heavy (non-hydrogen) atoms. The predicted octanol–water partition coefficient (Wildman–Crippen LogP) is 4.81. The monoisotopic (exact) mass is 545 g/mol. The first-order valence-corrected chi connectivity index (χ1v) is 12.1. The topological polar surface area (TPSA) is 83.4 Å². The van der Waals surface area contributed by atoms with Gasteiger partial charge < -0.3 is 0 Å². The Morgan fingerprint density at radius 3 is 2.30 bits per heavy atom. The molecule has 15 heteroatoms. The fraction of sp³-hybridized carbons (Fsp3) is 0.409. The molecule has 0 spiro atoms. The first-order valence-electron chi connectivity index (χ1n) is 11.0. The summed E-state index contributed by atoms with van der Waals surface area (Å²) in [4.78, 5) is 21.4. The van der Waals surface area contributed by atoms with Crippen LogP contribution in [0.2, 0.25) is 0 Å².